The van der Waals surface area contributed by atoms with Gasteiger partial charge >= 0.3 is 5.69 Å². The number of benzene rings is 3. The normalized spacial score (nSPS) is 14.1. The van der Waals surface area contributed by atoms with Gasteiger partial charge in [-0.05, 0) is 55.0 Å². The summed E-state index contributed by atoms with van der Waals surface area (Å²) in [5.74, 6) is -1.31. The molecule has 3 aromatic carbocycles. The van der Waals surface area contributed by atoms with Gasteiger partial charge in [0.1, 0.15) is 5.75 Å². The molecule has 1 heterocycles. The third-order valence-electron chi connectivity index (χ3n) is 5.15. The number of non-ortho nitro benzene ring substituents is 1. The molecule has 0 unspecified atom stereocenters. The van der Waals surface area contributed by atoms with Crippen LogP contribution < -0.4 is 10.2 Å². The minimum atomic E-state index is -0.793. The van der Waals surface area contributed by atoms with Crippen molar-refractivity contribution in [1.29, 1.82) is 0 Å². The van der Waals surface area contributed by atoms with Gasteiger partial charge in [-0.3, -0.25) is 35.2 Å². The molecule has 1 aliphatic heterocycles. The lowest BCUT2D eigenvalue weighted by molar-refractivity contribution is -0.394. The molecule has 192 valence electrons. The van der Waals surface area contributed by atoms with E-state index in [4.69, 9.17) is 28.6 Å². The van der Waals surface area contributed by atoms with Crippen LogP contribution in [0.1, 0.15) is 21.5 Å². The molecule has 1 aliphatic rings. The van der Waals surface area contributed by atoms with E-state index in [2.05, 4.69) is 5.43 Å². The van der Waals surface area contributed by atoms with Gasteiger partial charge in [0.05, 0.1) is 31.4 Å². The quantitative estimate of drug-likeness (QED) is 0.161. The molecule has 0 saturated carbocycles. The zero-order chi connectivity index (χ0) is 27.6. The molecule has 0 bridgehead atoms. The molecule has 0 aliphatic carbocycles. The Morgan fingerprint density at radius 2 is 1.82 bits per heavy atom. The zero-order valence-corrected chi connectivity index (χ0v) is 21.6. The Kier molecular flexibility index (Phi) is 7.71. The SMILES string of the molecule is Cc1ccc(C(=O)NN2C(=O)/C(=C\c3ccccc3Oc3ccc([N+](=O)[O-])cc3[N+](=O)[O-])SC2=S)c(Cl)c1. The number of carbonyl (C=O) groups is 2. The van der Waals surface area contributed by atoms with E-state index in [1.54, 1.807) is 30.3 Å². The minimum Gasteiger partial charge on any atom is -0.449 e. The first kappa shape index (κ1) is 26.7. The van der Waals surface area contributed by atoms with Crippen LogP contribution in [0.15, 0.2) is 65.6 Å². The minimum absolute atomic E-state index is 0.0715. The van der Waals surface area contributed by atoms with Crippen LogP contribution in [0.2, 0.25) is 5.02 Å². The molecule has 1 saturated heterocycles. The zero-order valence-electron chi connectivity index (χ0n) is 19.2. The van der Waals surface area contributed by atoms with E-state index < -0.39 is 33.0 Å². The molecule has 0 atom stereocenters. The van der Waals surface area contributed by atoms with E-state index >= 15 is 0 Å². The van der Waals surface area contributed by atoms with Crippen LogP contribution in [-0.2, 0) is 4.79 Å². The van der Waals surface area contributed by atoms with Crippen molar-refractivity contribution in [1.82, 2.24) is 10.4 Å². The number of ether oxygens (including phenoxy) is 1. The Morgan fingerprint density at radius 3 is 2.50 bits per heavy atom. The number of hydrogen-bond donors (Lipinski definition) is 1. The molecule has 4 rings (SSSR count). The highest BCUT2D eigenvalue weighted by Crippen LogP contribution is 2.38. The van der Waals surface area contributed by atoms with Crippen LogP contribution in [-0.4, -0.2) is 31.0 Å². The summed E-state index contributed by atoms with van der Waals surface area (Å²) in [5.41, 5.74) is 2.79. The van der Waals surface area contributed by atoms with Crippen molar-refractivity contribution in [3.05, 3.63) is 108 Å². The number of nitro benzene ring substituents is 2. The Morgan fingerprint density at radius 1 is 1.08 bits per heavy atom. The second kappa shape index (κ2) is 11.0. The number of nitrogens with one attached hydrogen (secondary N) is 1. The van der Waals surface area contributed by atoms with Gasteiger partial charge in [0.25, 0.3) is 17.5 Å². The maximum atomic E-state index is 13.0. The first-order valence-electron chi connectivity index (χ1n) is 10.6. The lowest BCUT2D eigenvalue weighted by atomic mass is 10.1. The van der Waals surface area contributed by atoms with Gasteiger partial charge in [-0.1, -0.05) is 47.6 Å². The third kappa shape index (κ3) is 5.64. The molecule has 1 N–H and O–H groups in total. The van der Waals surface area contributed by atoms with E-state index in [0.29, 0.717) is 5.56 Å². The number of aryl methyl sites for hydroxylation is 1. The van der Waals surface area contributed by atoms with Crippen molar-refractivity contribution in [3.63, 3.8) is 0 Å². The second-order valence-corrected chi connectivity index (χ2v) is 9.83. The number of rotatable bonds is 7. The van der Waals surface area contributed by atoms with Crippen LogP contribution in [0.5, 0.6) is 11.5 Å². The van der Waals surface area contributed by atoms with Crippen molar-refractivity contribution >= 4 is 69.2 Å². The first-order valence-corrected chi connectivity index (χ1v) is 12.2. The molecule has 38 heavy (non-hydrogen) atoms. The van der Waals surface area contributed by atoms with Crippen LogP contribution >= 0.6 is 35.6 Å². The number of halogens is 1. The summed E-state index contributed by atoms with van der Waals surface area (Å²) >= 11 is 12.4. The van der Waals surface area contributed by atoms with Gasteiger partial charge in [-0.25, -0.2) is 0 Å². The molecule has 0 radical (unpaired) electrons. The van der Waals surface area contributed by atoms with Crippen LogP contribution in [0, 0.1) is 27.2 Å². The first-order chi connectivity index (χ1) is 18.0. The van der Waals surface area contributed by atoms with Crippen LogP contribution in [0.3, 0.4) is 0 Å². The fraction of sp³-hybridized carbons (Fsp3) is 0.0417. The molecule has 11 nitrogen and oxygen atoms in total. The van der Waals surface area contributed by atoms with E-state index in [1.807, 2.05) is 6.92 Å². The molecular weight excluding hydrogens is 556 g/mol. The maximum Gasteiger partial charge on any atom is 0.318 e. The van der Waals surface area contributed by atoms with E-state index in [1.165, 1.54) is 18.2 Å². The van der Waals surface area contributed by atoms with Crippen LogP contribution in [0.4, 0.5) is 11.4 Å². The number of nitrogens with zero attached hydrogens (tertiary/aromatic N) is 3. The number of hydrogen-bond acceptors (Lipinski definition) is 9. The number of nitro groups is 2. The molecule has 0 spiro atoms. The summed E-state index contributed by atoms with van der Waals surface area (Å²) in [5, 5.41) is 23.6. The Hall–Kier alpha value is -4.33. The Balaban J connectivity index is 1.59. The van der Waals surface area contributed by atoms with Gasteiger partial charge in [0.2, 0.25) is 5.75 Å². The maximum absolute atomic E-state index is 13.0. The van der Waals surface area contributed by atoms with Crippen LogP contribution in [0.25, 0.3) is 6.08 Å². The fourth-order valence-electron chi connectivity index (χ4n) is 3.33. The monoisotopic (exact) mass is 570 g/mol. The lowest BCUT2D eigenvalue weighted by Crippen LogP contribution is -2.44. The summed E-state index contributed by atoms with van der Waals surface area (Å²) in [6.45, 7) is 1.82. The van der Waals surface area contributed by atoms with Gasteiger partial charge in [0.15, 0.2) is 4.32 Å². The fourth-order valence-corrected chi connectivity index (χ4v) is 4.82. The average Bonchev–Trinajstić information content (AvgIpc) is 3.12. The number of thioether (sulfide) groups is 1. The predicted molar refractivity (Wildman–Crippen MR) is 145 cm³/mol. The summed E-state index contributed by atoms with van der Waals surface area (Å²) in [6, 6.07) is 14.2. The van der Waals surface area contributed by atoms with Crippen molar-refractivity contribution in [2.24, 2.45) is 0 Å². The summed E-state index contributed by atoms with van der Waals surface area (Å²) < 4.78 is 5.79. The van der Waals surface area contributed by atoms with E-state index in [-0.39, 0.29) is 31.3 Å². The Labute approximate surface area is 229 Å². The van der Waals surface area contributed by atoms with Crippen molar-refractivity contribution < 1.29 is 24.2 Å². The number of thiocarbonyl (C=S) groups is 1. The van der Waals surface area contributed by atoms with Gasteiger partial charge in [-0.2, -0.15) is 5.01 Å². The van der Waals surface area contributed by atoms with E-state index in [9.17, 15) is 29.8 Å². The summed E-state index contributed by atoms with van der Waals surface area (Å²) in [4.78, 5) is 46.8. The van der Waals surface area contributed by atoms with Crippen molar-refractivity contribution in [3.8, 4) is 11.5 Å². The number of para-hydroxylation sites is 1. The highest BCUT2D eigenvalue weighted by Gasteiger charge is 2.34. The lowest BCUT2D eigenvalue weighted by Gasteiger charge is -2.16. The van der Waals surface area contributed by atoms with Gasteiger partial charge in [0, 0.05) is 11.6 Å². The standard InChI is InChI=1S/C24H15ClN4O7S2/c1-13-6-8-16(17(25)10-13)22(30)26-27-23(31)21(38-24(27)37)11-14-4-2-3-5-19(14)36-20-9-7-15(28(32)33)12-18(20)29(34)35/h2-12H,1H3,(H,26,30)/b21-11+. The average molecular weight is 571 g/mol. The number of hydrazine groups is 1. The molecular formula is C24H15ClN4O7S2. The molecule has 2 amide bonds. The molecule has 14 heteroatoms. The van der Waals surface area contributed by atoms with Crippen molar-refractivity contribution in [2.75, 3.05) is 0 Å². The molecule has 3 aromatic rings. The van der Waals surface area contributed by atoms with Crippen molar-refractivity contribution in [2.45, 2.75) is 6.92 Å². The summed E-state index contributed by atoms with van der Waals surface area (Å²) in [6.07, 6.45) is 1.46. The predicted octanol–water partition coefficient (Wildman–Crippen LogP) is 5.80. The van der Waals surface area contributed by atoms with Gasteiger partial charge in [-0.15, -0.1) is 0 Å². The Bertz CT molecular complexity index is 1560. The third-order valence-corrected chi connectivity index (χ3v) is 6.77. The second-order valence-electron chi connectivity index (χ2n) is 7.75. The van der Waals surface area contributed by atoms with Gasteiger partial charge < -0.3 is 4.74 Å². The topological polar surface area (TPSA) is 145 Å². The highest BCUT2D eigenvalue weighted by molar-refractivity contribution is 8.26. The van der Waals surface area contributed by atoms with E-state index in [0.717, 1.165) is 40.5 Å². The summed E-state index contributed by atoms with van der Waals surface area (Å²) in [7, 11) is 0. The highest BCUT2D eigenvalue weighted by atomic mass is 35.5. The largest absolute Gasteiger partial charge is 0.449 e. The molecule has 1 fully saturated rings. The molecule has 0 aromatic heterocycles. The number of amides is 2. The number of carbonyl (C=O) groups excluding carboxylic acids is 2. The smallest absolute Gasteiger partial charge is 0.318 e.